The van der Waals surface area contributed by atoms with Gasteiger partial charge in [0.15, 0.2) is 11.7 Å². The smallest absolute Gasteiger partial charge is 0.331 e. The molecule has 6 nitrogen and oxygen atoms in total. The number of nitrogens with one attached hydrogen (secondary N) is 1. The third-order valence-electron chi connectivity index (χ3n) is 5.37. The van der Waals surface area contributed by atoms with E-state index in [0.29, 0.717) is 28.8 Å². The van der Waals surface area contributed by atoms with E-state index in [1.165, 1.54) is 18.6 Å². The zero-order valence-corrected chi connectivity index (χ0v) is 16.0. The van der Waals surface area contributed by atoms with Crippen LogP contribution in [0.15, 0.2) is 34.8 Å². The molecule has 1 aliphatic carbocycles. The van der Waals surface area contributed by atoms with Crippen LogP contribution < -0.4 is 5.32 Å². The predicted octanol–water partition coefficient (Wildman–Crippen LogP) is 3.71. The molecular weight excluding hydrogens is 344 g/mol. The van der Waals surface area contributed by atoms with Gasteiger partial charge in [0.25, 0.3) is 5.91 Å². The summed E-state index contributed by atoms with van der Waals surface area (Å²) in [6.07, 6.45) is 5.08. The molecule has 27 heavy (non-hydrogen) atoms. The molecule has 1 aliphatic rings. The van der Waals surface area contributed by atoms with Crippen molar-refractivity contribution in [3.05, 3.63) is 36.2 Å². The zero-order valence-electron chi connectivity index (χ0n) is 16.0. The molecule has 1 amide bonds. The van der Waals surface area contributed by atoms with Gasteiger partial charge in [-0.2, -0.15) is 0 Å². The van der Waals surface area contributed by atoms with Gasteiger partial charge in [0.2, 0.25) is 5.89 Å². The number of hydrogen-bond donors (Lipinski definition) is 1. The van der Waals surface area contributed by atoms with Crippen molar-refractivity contribution < 1.29 is 18.7 Å². The van der Waals surface area contributed by atoms with E-state index in [2.05, 4.69) is 24.1 Å². The number of oxazole rings is 1. The Morgan fingerprint density at radius 1 is 1.30 bits per heavy atom. The van der Waals surface area contributed by atoms with Gasteiger partial charge in [-0.3, -0.25) is 4.79 Å². The molecule has 1 aromatic carbocycles. The Morgan fingerprint density at radius 3 is 2.85 bits per heavy atom. The van der Waals surface area contributed by atoms with Gasteiger partial charge < -0.3 is 14.5 Å². The summed E-state index contributed by atoms with van der Waals surface area (Å²) < 4.78 is 10.7. The first kappa shape index (κ1) is 19.1. The molecule has 2 aromatic rings. The molecular formula is C21H26N2O4. The van der Waals surface area contributed by atoms with Crippen LogP contribution in [0.5, 0.6) is 0 Å². The highest BCUT2D eigenvalue weighted by Gasteiger charge is 2.29. The van der Waals surface area contributed by atoms with Gasteiger partial charge in [-0.15, -0.1) is 0 Å². The van der Waals surface area contributed by atoms with Crippen molar-refractivity contribution in [2.75, 3.05) is 0 Å². The summed E-state index contributed by atoms with van der Waals surface area (Å²) in [4.78, 5) is 28.6. The largest absolute Gasteiger partial charge is 0.449 e. The van der Waals surface area contributed by atoms with E-state index in [1.54, 1.807) is 13.0 Å². The quantitative estimate of drug-likeness (QED) is 0.641. The van der Waals surface area contributed by atoms with Gasteiger partial charge in [-0.25, -0.2) is 9.78 Å². The van der Waals surface area contributed by atoms with E-state index in [1.807, 2.05) is 18.2 Å². The number of amides is 1. The van der Waals surface area contributed by atoms with Crippen molar-refractivity contribution >= 4 is 29.1 Å². The third kappa shape index (κ3) is 4.76. The topological polar surface area (TPSA) is 81.4 Å². The molecule has 0 aliphatic heterocycles. The lowest BCUT2D eigenvalue weighted by atomic mass is 9.78. The van der Waals surface area contributed by atoms with Crippen LogP contribution in [0, 0.1) is 11.8 Å². The summed E-state index contributed by atoms with van der Waals surface area (Å²) in [6, 6.07) is 7.48. The highest BCUT2D eigenvalue weighted by molar-refractivity contribution is 5.90. The first-order valence-corrected chi connectivity index (χ1v) is 9.48. The molecule has 1 saturated carbocycles. The van der Waals surface area contributed by atoms with Crippen molar-refractivity contribution in [2.24, 2.45) is 11.8 Å². The molecule has 0 unspecified atom stereocenters. The summed E-state index contributed by atoms with van der Waals surface area (Å²) in [5.41, 5.74) is 1.36. The van der Waals surface area contributed by atoms with Gasteiger partial charge in [-0.05, 0) is 37.3 Å². The Kier molecular flexibility index (Phi) is 5.94. The molecule has 1 heterocycles. The standard InChI is InChI=1S/C21H26N2O4/c1-13-7-6-9-16(14(13)2)23-21(25)15(3)26-20(24)12-11-19-22-17-8-4-5-10-18(17)27-19/h4-5,8,10-16H,6-7,9H2,1-3H3,(H,23,25)/b12-11+/t13-,14-,15-,16+/m1/s1. The lowest BCUT2D eigenvalue weighted by Crippen LogP contribution is -2.47. The van der Waals surface area contributed by atoms with Crippen LogP contribution in [0.4, 0.5) is 0 Å². The first-order chi connectivity index (χ1) is 12.9. The van der Waals surface area contributed by atoms with Crippen LogP contribution in [0.25, 0.3) is 17.2 Å². The van der Waals surface area contributed by atoms with Gasteiger partial charge in [0.05, 0.1) is 0 Å². The van der Waals surface area contributed by atoms with Gasteiger partial charge >= 0.3 is 5.97 Å². The minimum atomic E-state index is -0.852. The second kappa shape index (κ2) is 8.37. The summed E-state index contributed by atoms with van der Waals surface area (Å²) in [6.45, 7) is 5.95. The second-order valence-corrected chi connectivity index (χ2v) is 7.31. The average molecular weight is 370 g/mol. The maximum absolute atomic E-state index is 12.3. The SMILES string of the molecule is C[C@@H]1[C@H](C)CCC[C@@H]1NC(=O)[C@@H](C)OC(=O)/C=C/c1nc2ccccc2o1. The Hall–Kier alpha value is -2.63. The van der Waals surface area contributed by atoms with E-state index >= 15 is 0 Å². The second-order valence-electron chi connectivity index (χ2n) is 7.31. The zero-order chi connectivity index (χ0) is 19.4. The first-order valence-electron chi connectivity index (χ1n) is 9.48. The minimum absolute atomic E-state index is 0.137. The van der Waals surface area contributed by atoms with Crippen LogP contribution in [-0.2, 0) is 14.3 Å². The molecule has 4 atom stereocenters. The maximum Gasteiger partial charge on any atom is 0.331 e. The lowest BCUT2D eigenvalue weighted by Gasteiger charge is -2.35. The number of ether oxygens (including phenoxy) is 1. The molecule has 1 aromatic heterocycles. The highest BCUT2D eigenvalue weighted by Crippen LogP contribution is 2.29. The number of para-hydroxylation sites is 2. The summed E-state index contributed by atoms with van der Waals surface area (Å²) in [5.74, 6) is 0.454. The summed E-state index contributed by atoms with van der Waals surface area (Å²) >= 11 is 0. The van der Waals surface area contributed by atoms with Crippen LogP contribution in [0.2, 0.25) is 0 Å². The molecule has 144 valence electrons. The fourth-order valence-corrected chi connectivity index (χ4v) is 3.45. The van der Waals surface area contributed by atoms with E-state index in [4.69, 9.17) is 9.15 Å². The molecule has 0 spiro atoms. The number of nitrogens with zero attached hydrogens (tertiary/aromatic N) is 1. The van der Waals surface area contributed by atoms with Crippen molar-refractivity contribution in [3.63, 3.8) is 0 Å². The van der Waals surface area contributed by atoms with E-state index in [0.717, 1.165) is 12.8 Å². The normalized spacial score (nSPS) is 24.0. The van der Waals surface area contributed by atoms with Crippen LogP contribution in [0.3, 0.4) is 0 Å². The van der Waals surface area contributed by atoms with Crippen LogP contribution in [0.1, 0.15) is 45.9 Å². The minimum Gasteiger partial charge on any atom is -0.449 e. The van der Waals surface area contributed by atoms with E-state index < -0.39 is 12.1 Å². The number of rotatable bonds is 5. The van der Waals surface area contributed by atoms with E-state index in [9.17, 15) is 9.59 Å². The Balaban J connectivity index is 1.52. The number of carbonyl (C=O) groups excluding carboxylic acids is 2. The van der Waals surface area contributed by atoms with Crippen molar-refractivity contribution in [1.82, 2.24) is 10.3 Å². The summed E-state index contributed by atoms with van der Waals surface area (Å²) in [7, 11) is 0. The number of esters is 1. The number of aromatic nitrogens is 1. The third-order valence-corrected chi connectivity index (χ3v) is 5.37. The monoisotopic (exact) mass is 370 g/mol. The number of carbonyl (C=O) groups is 2. The molecule has 0 radical (unpaired) electrons. The van der Waals surface area contributed by atoms with Gasteiger partial charge in [0.1, 0.15) is 5.52 Å². The number of benzene rings is 1. The van der Waals surface area contributed by atoms with Crippen molar-refractivity contribution in [3.8, 4) is 0 Å². The molecule has 1 fully saturated rings. The fourth-order valence-electron chi connectivity index (χ4n) is 3.45. The van der Waals surface area contributed by atoms with Crippen LogP contribution in [-0.4, -0.2) is 29.0 Å². The van der Waals surface area contributed by atoms with Gasteiger partial charge in [-0.1, -0.05) is 38.8 Å². The average Bonchev–Trinajstić information content (AvgIpc) is 3.06. The Bertz CT molecular complexity index is 809. The molecule has 6 heteroatoms. The molecule has 0 saturated heterocycles. The Morgan fingerprint density at radius 2 is 2.07 bits per heavy atom. The van der Waals surface area contributed by atoms with Crippen molar-refractivity contribution in [2.45, 2.75) is 52.2 Å². The number of fused-ring (bicyclic) bond motifs is 1. The van der Waals surface area contributed by atoms with Crippen molar-refractivity contribution in [1.29, 1.82) is 0 Å². The molecule has 0 bridgehead atoms. The molecule has 1 N–H and O–H groups in total. The van der Waals surface area contributed by atoms with Crippen LogP contribution >= 0.6 is 0 Å². The molecule has 3 rings (SSSR count). The lowest BCUT2D eigenvalue weighted by molar-refractivity contribution is -0.150. The maximum atomic E-state index is 12.3. The van der Waals surface area contributed by atoms with Gasteiger partial charge in [0, 0.05) is 18.2 Å². The number of hydrogen-bond acceptors (Lipinski definition) is 5. The Labute approximate surface area is 159 Å². The highest BCUT2D eigenvalue weighted by atomic mass is 16.5. The summed E-state index contributed by atoms with van der Waals surface area (Å²) in [5, 5.41) is 3.02. The van der Waals surface area contributed by atoms with E-state index in [-0.39, 0.29) is 11.9 Å². The fraction of sp³-hybridized carbons (Fsp3) is 0.476. The predicted molar refractivity (Wildman–Crippen MR) is 103 cm³/mol.